The molecule has 0 bridgehead atoms. The van der Waals surface area contributed by atoms with E-state index in [1.165, 1.54) is 0 Å². The van der Waals surface area contributed by atoms with E-state index in [2.05, 4.69) is 0 Å². The summed E-state index contributed by atoms with van der Waals surface area (Å²) in [6.45, 7) is -0.0868. The van der Waals surface area contributed by atoms with Crippen LogP contribution in [-0.4, -0.2) is 11.8 Å². The number of hydrogen-bond acceptors (Lipinski definition) is 3. The summed E-state index contributed by atoms with van der Waals surface area (Å²) in [7, 11) is 0. The molecule has 0 aliphatic rings. The van der Waals surface area contributed by atoms with Gasteiger partial charge in [-0.05, 0) is 35.2 Å². The van der Waals surface area contributed by atoms with Gasteiger partial charge >= 0.3 is 0 Å². The fourth-order valence-electron chi connectivity index (χ4n) is 1.23. The van der Waals surface area contributed by atoms with E-state index in [-0.39, 0.29) is 6.61 Å². The molecule has 0 aliphatic carbocycles. The molecule has 0 aliphatic heterocycles. The van der Waals surface area contributed by atoms with Gasteiger partial charge in [0.2, 0.25) is 0 Å². The maximum absolute atomic E-state index is 10.5. The predicted octanol–water partition coefficient (Wildman–Crippen LogP) is 3.05. The second kappa shape index (κ2) is 3.98. The number of fused-ring (bicyclic) bond motifs is 1. The summed E-state index contributed by atoms with van der Waals surface area (Å²) in [4.78, 5) is 10.5. The Kier molecular flexibility index (Phi) is 2.70. The first-order valence-corrected chi connectivity index (χ1v) is 5.30. The van der Waals surface area contributed by atoms with Crippen LogP contribution in [0.15, 0.2) is 29.6 Å². The summed E-state index contributed by atoms with van der Waals surface area (Å²) in [5.41, 5.74) is 0. The first-order valence-electron chi connectivity index (χ1n) is 4.05. The highest BCUT2D eigenvalue weighted by molar-refractivity contribution is 7.17. The minimum Gasteiger partial charge on any atom is -0.484 e. The van der Waals surface area contributed by atoms with Crippen molar-refractivity contribution in [1.82, 2.24) is 0 Å². The molecule has 14 heavy (non-hydrogen) atoms. The smallest absolute Gasteiger partial charge is 0.259 e. The molecule has 2 aromatic rings. The Labute approximate surface area is 90.1 Å². The number of rotatable bonds is 3. The van der Waals surface area contributed by atoms with Crippen molar-refractivity contribution in [3.05, 3.63) is 29.6 Å². The second-order valence-electron chi connectivity index (χ2n) is 2.73. The minimum atomic E-state index is -0.489. The first-order chi connectivity index (χ1) is 6.77. The predicted molar refractivity (Wildman–Crippen MR) is 58.2 cm³/mol. The molecule has 1 heterocycles. The van der Waals surface area contributed by atoms with E-state index in [4.69, 9.17) is 16.3 Å². The number of ether oxygens (including phenoxy) is 1. The molecule has 0 spiro atoms. The summed E-state index contributed by atoms with van der Waals surface area (Å²) in [5, 5.41) is 2.52. The van der Waals surface area contributed by atoms with Gasteiger partial charge in [0.25, 0.3) is 5.24 Å². The highest BCUT2D eigenvalue weighted by Crippen LogP contribution is 2.29. The van der Waals surface area contributed by atoms with Crippen molar-refractivity contribution in [3.63, 3.8) is 0 Å². The van der Waals surface area contributed by atoms with Crippen LogP contribution in [0, 0.1) is 0 Å². The molecule has 4 heteroatoms. The molecule has 1 aromatic heterocycles. The summed E-state index contributed by atoms with van der Waals surface area (Å²) in [5.74, 6) is 0.706. The third kappa shape index (κ3) is 1.89. The molecule has 0 radical (unpaired) electrons. The van der Waals surface area contributed by atoms with Crippen LogP contribution in [0.1, 0.15) is 0 Å². The summed E-state index contributed by atoms with van der Waals surface area (Å²) in [6.07, 6.45) is 0. The Balaban J connectivity index is 2.32. The van der Waals surface area contributed by atoms with Gasteiger partial charge in [-0.15, -0.1) is 11.3 Å². The molecule has 0 saturated carbocycles. The van der Waals surface area contributed by atoms with E-state index in [1.807, 2.05) is 29.6 Å². The highest BCUT2D eigenvalue weighted by atomic mass is 35.5. The lowest BCUT2D eigenvalue weighted by Crippen LogP contribution is -2.04. The Bertz CT molecular complexity index is 464. The molecule has 0 N–H and O–H groups in total. The number of benzene rings is 1. The van der Waals surface area contributed by atoms with Gasteiger partial charge in [0.05, 0.1) is 0 Å². The summed E-state index contributed by atoms with van der Waals surface area (Å²) >= 11 is 6.83. The topological polar surface area (TPSA) is 26.3 Å². The van der Waals surface area contributed by atoms with Crippen molar-refractivity contribution >= 4 is 38.3 Å². The molecular formula is C10H7ClO2S. The number of thiophene rings is 1. The van der Waals surface area contributed by atoms with Crippen LogP contribution >= 0.6 is 22.9 Å². The average Bonchev–Trinajstić information content (AvgIpc) is 2.62. The largest absolute Gasteiger partial charge is 0.484 e. The third-order valence-electron chi connectivity index (χ3n) is 1.80. The Morgan fingerprint density at radius 1 is 1.43 bits per heavy atom. The van der Waals surface area contributed by atoms with Crippen molar-refractivity contribution in [1.29, 1.82) is 0 Å². The molecule has 2 nitrogen and oxygen atoms in total. The zero-order valence-electron chi connectivity index (χ0n) is 7.20. The Morgan fingerprint density at radius 2 is 2.29 bits per heavy atom. The van der Waals surface area contributed by atoms with E-state index in [1.54, 1.807) is 11.3 Å². The SMILES string of the molecule is O=C(Cl)COc1cccc2sccc12. The first kappa shape index (κ1) is 9.49. The van der Waals surface area contributed by atoms with Crippen molar-refractivity contribution in [3.8, 4) is 5.75 Å². The number of carbonyl (C=O) groups excluding carboxylic acids is 1. The third-order valence-corrected chi connectivity index (χ3v) is 2.79. The van der Waals surface area contributed by atoms with Gasteiger partial charge in [0.1, 0.15) is 5.75 Å². The Hall–Kier alpha value is -1.06. The van der Waals surface area contributed by atoms with Crippen molar-refractivity contribution < 1.29 is 9.53 Å². The molecule has 0 amide bonds. The molecule has 1 aromatic carbocycles. The fourth-order valence-corrected chi connectivity index (χ4v) is 2.08. The van der Waals surface area contributed by atoms with Crippen LogP contribution in [0.3, 0.4) is 0 Å². The van der Waals surface area contributed by atoms with Gasteiger partial charge in [-0.2, -0.15) is 0 Å². The lowest BCUT2D eigenvalue weighted by molar-refractivity contribution is -0.113. The lowest BCUT2D eigenvalue weighted by atomic mass is 10.2. The fraction of sp³-hybridized carbons (Fsp3) is 0.100. The molecule has 2 rings (SSSR count). The number of carbonyl (C=O) groups is 1. The van der Waals surface area contributed by atoms with E-state index in [9.17, 15) is 4.79 Å². The van der Waals surface area contributed by atoms with Gasteiger partial charge in [-0.1, -0.05) is 6.07 Å². The number of hydrogen-bond donors (Lipinski definition) is 0. The van der Waals surface area contributed by atoms with Crippen LogP contribution in [0.2, 0.25) is 0 Å². The van der Waals surface area contributed by atoms with Crippen LogP contribution in [0.5, 0.6) is 5.75 Å². The van der Waals surface area contributed by atoms with Crippen LogP contribution in [0.4, 0.5) is 0 Å². The van der Waals surface area contributed by atoms with E-state index in [0.717, 1.165) is 10.1 Å². The second-order valence-corrected chi connectivity index (χ2v) is 4.10. The molecule has 0 saturated heterocycles. The average molecular weight is 227 g/mol. The zero-order valence-corrected chi connectivity index (χ0v) is 8.77. The maximum Gasteiger partial charge on any atom is 0.259 e. The Morgan fingerprint density at radius 3 is 3.07 bits per heavy atom. The molecule has 0 unspecified atom stereocenters. The van der Waals surface area contributed by atoms with Gasteiger partial charge in [-0.3, -0.25) is 4.79 Å². The zero-order chi connectivity index (χ0) is 9.97. The van der Waals surface area contributed by atoms with Crippen molar-refractivity contribution in [2.75, 3.05) is 6.61 Å². The van der Waals surface area contributed by atoms with E-state index < -0.39 is 5.24 Å². The van der Waals surface area contributed by atoms with Crippen molar-refractivity contribution in [2.45, 2.75) is 0 Å². The van der Waals surface area contributed by atoms with Crippen LogP contribution < -0.4 is 4.74 Å². The van der Waals surface area contributed by atoms with Crippen LogP contribution in [0.25, 0.3) is 10.1 Å². The highest BCUT2D eigenvalue weighted by Gasteiger charge is 2.04. The van der Waals surface area contributed by atoms with Gasteiger partial charge in [-0.25, -0.2) is 0 Å². The van der Waals surface area contributed by atoms with Gasteiger partial charge in [0, 0.05) is 10.1 Å². The number of halogens is 1. The monoisotopic (exact) mass is 226 g/mol. The molecule has 72 valence electrons. The molecule has 0 atom stereocenters. The molecule has 0 fully saturated rings. The van der Waals surface area contributed by atoms with Gasteiger partial charge in [0.15, 0.2) is 6.61 Å². The minimum absolute atomic E-state index is 0.0868. The summed E-state index contributed by atoms with van der Waals surface area (Å²) in [6, 6.07) is 7.70. The van der Waals surface area contributed by atoms with E-state index in [0.29, 0.717) is 5.75 Å². The maximum atomic E-state index is 10.5. The quantitative estimate of drug-likeness (QED) is 0.752. The van der Waals surface area contributed by atoms with Crippen LogP contribution in [-0.2, 0) is 4.79 Å². The normalized spacial score (nSPS) is 10.4. The standard InChI is InChI=1S/C10H7ClO2S/c11-10(12)6-13-8-2-1-3-9-7(8)4-5-14-9/h1-5H,6H2. The lowest BCUT2D eigenvalue weighted by Gasteiger charge is -2.03. The van der Waals surface area contributed by atoms with E-state index >= 15 is 0 Å². The molecular weight excluding hydrogens is 220 g/mol. The van der Waals surface area contributed by atoms with Gasteiger partial charge < -0.3 is 4.74 Å². The van der Waals surface area contributed by atoms with Crippen molar-refractivity contribution in [2.24, 2.45) is 0 Å². The summed E-state index contributed by atoms with van der Waals surface area (Å²) < 4.78 is 6.41.